The average Bonchev–Trinajstić information content (AvgIpc) is 2.99. The molecule has 1 fully saturated rings. The van der Waals surface area contributed by atoms with Gasteiger partial charge in [-0.2, -0.15) is 0 Å². The van der Waals surface area contributed by atoms with Crippen LogP contribution < -0.4 is 4.72 Å². The van der Waals surface area contributed by atoms with Crippen molar-refractivity contribution in [2.45, 2.75) is 17.7 Å². The van der Waals surface area contributed by atoms with Gasteiger partial charge in [0.15, 0.2) is 0 Å². The number of carbonyl (C=O) groups is 1. The molecule has 0 saturated carbocycles. The lowest BCUT2D eigenvalue weighted by Gasteiger charge is -2.08. The summed E-state index contributed by atoms with van der Waals surface area (Å²) in [5.74, 6) is -0.798. The molecule has 1 aromatic rings. The molecule has 1 atom stereocenters. The predicted octanol–water partition coefficient (Wildman–Crippen LogP) is 0.418. The summed E-state index contributed by atoms with van der Waals surface area (Å²) in [6.45, 7) is 1.73. The maximum atomic E-state index is 11.9. The highest BCUT2D eigenvalue weighted by Gasteiger charge is 2.20. The molecular weight excluding hydrogens is 272 g/mol. The van der Waals surface area contributed by atoms with Gasteiger partial charge in [0, 0.05) is 26.0 Å². The highest BCUT2D eigenvalue weighted by molar-refractivity contribution is 7.89. The van der Waals surface area contributed by atoms with Crippen molar-refractivity contribution < 1.29 is 23.1 Å². The molecule has 2 heterocycles. The fraction of sp³-hybridized carbons (Fsp3) is 0.545. The van der Waals surface area contributed by atoms with Crippen LogP contribution >= 0.6 is 0 Å². The summed E-state index contributed by atoms with van der Waals surface area (Å²) in [5.41, 5.74) is -0.149. The van der Waals surface area contributed by atoms with E-state index in [9.17, 15) is 13.2 Å². The molecule has 0 radical (unpaired) electrons. The number of aromatic amines is 1. The van der Waals surface area contributed by atoms with Crippen LogP contribution in [-0.2, 0) is 14.8 Å². The van der Waals surface area contributed by atoms with E-state index < -0.39 is 16.0 Å². The first kappa shape index (κ1) is 14.0. The summed E-state index contributed by atoms with van der Waals surface area (Å²) < 4.78 is 31.4. The molecule has 0 aromatic carbocycles. The van der Waals surface area contributed by atoms with Crippen molar-refractivity contribution in [2.75, 3.05) is 19.8 Å². The maximum absolute atomic E-state index is 11.9. The van der Waals surface area contributed by atoms with E-state index in [4.69, 9.17) is 9.84 Å². The van der Waals surface area contributed by atoms with E-state index in [1.807, 2.05) is 0 Å². The van der Waals surface area contributed by atoms with Gasteiger partial charge in [0.25, 0.3) is 0 Å². The molecular formula is C11H16N2O5S. The third kappa shape index (κ3) is 3.55. The number of rotatable bonds is 6. The van der Waals surface area contributed by atoms with E-state index in [0.717, 1.165) is 25.5 Å². The second kappa shape index (κ2) is 5.72. The largest absolute Gasteiger partial charge is 0.477 e. The van der Waals surface area contributed by atoms with Gasteiger partial charge in [-0.1, -0.05) is 0 Å². The Labute approximate surface area is 111 Å². The molecule has 2 rings (SSSR count). The SMILES string of the molecule is O=C(O)c1cc(S(=O)(=O)NCCC2CCOC2)c[nH]1. The second-order valence-electron chi connectivity index (χ2n) is 4.47. The lowest BCUT2D eigenvalue weighted by molar-refractivity contribution is 0.0691. The fourth-order valence-corrected chi connectivity index (χ4v) is 2.99. The van der Waals surface area contributed by atoms with Gasteiger partial charge in [-0.3, -0.25) is 0 Å². The highest BCUT2D eigenvalue weighted by Crippen LogP contribution is 2.16. The molecule has 1 aromatic heterocycles. The van der Waals surface area contributed by atoms with Crippen molar-refractivity contribution in [1.29, 1.82) is 0 Å². The zero-order chi connectivity index (χ0) is 13.9. The Hall–Kier alpha value is -1.38. The van der Waals surface area contributed by atoms with Crippen LogP contribution in [0.5, 0.6) is 0 Å². The standard InChI is InChI=1S/C11H16N2O5S/c14-11(15)10-5-9(6-12-10)19(16,17)13-3-1-8-2-4-18-7-8/h5-6,8,12-13H,1-4,7H2,(H,14,15). The van der Waals surface area contributed by atoms with Crippen LogP contribution in [0.2, 0.25) is 0 Å². The smallest absolute Gasteiger partial charge is 0.352 e. The van der Waals surface area contributed by atoms with Gasteiger partial charge in [0.1, 0.15) is 10.6 Å². The number of ether oxygens (including phenoxy) is 1. The molecule has 1 aliphatic rings. The summed E-state index contributed by atoms with van der Waals surface area (Å²) >= 11 is 0. The topological polar surface area (TPSA) is 108 Å². The number of aromatic nitrogens is 1. The monoisotopic (exact) mass is 288 g/mol. The van der Waals surface area contributed by atoms with Gasteiger partial charge in [-0.15, -0.1) is 0 Å². The van der Waals surface area contributed by atoms with Crippen LogP contribution in [0.3, 0.4) is 0 Å². The molecule has 19 heavy (non-hydrogen) atoms. The van der Waals surface area contributed by atoms with Gasteiger partial charge in [0.2, 0.25) is 10.0 Å². The number of aromatic carboxylic acids is 1. The first-order valence-electron chi connectivity index (χ1n) is 5.98. The Morgan fingerprint density at radius 3 is 2.95 bits per heavy atom. The molecule has 3 N–H and O–H groups in total. The van der Waals surface area contributed by atoms with Crippen molar-refractivity contribution in [1.82, 2.24) is 9.71 Å². The third-order valence-electron chi connectivity index (χ3n) is 3.07. The molecule has 0 bridgehead atoms. The van der Waals surface area contributed by atoms with Crippen molar-refractivity contribution in [2.24, 2.45) is 5.92 Å². The number of hydrogen-bond donors (Lipinski definition) is 3. The van der Waals surface area contributed by atoms with E-state index in [2.05, 4.69) is 9.71 Å². The Kier molecular flexibility index (Phi) is 4.23. The normalized spacial score (nSPS) is 19.7. The van der Waals surface area contributed by atoms with E-state index in [-0.39, 0.29) is 10.6 Å². The van der Waals surface area contributed by atoms with Crippen LogP contribution in [0, 0.1) is 5.92 Å². The highest BCUT2D eigenvalue weighted by atomic mass is 32.2. The zero-order valence-corrected chi connectivity index (χ0v) is 11.1. The van der Waals surface area contributed by atoms with E-state index in [1.54, 1.807) is 0 Å². The number of carboxylic acid groups (broad SMARTS) is 1. The number of nitrogens with one attached hydrogen (secondary N) is 2. The molecule has 0 spiro atoms. The summed E-state index contributed by atoms with van der Waals surface area (Å²) in [5, 5.41) is 8.72. The molecule has 1 unspecified atom stereocenters. The molecule has 1 aliphatic heterocycles. The quantitative estimate of drug-likeness (QED) is 0.703. The van der Waals surface area contributed by atoms with E-state index in [0.29, 0.717) is 19.1 Å². The van der Waals surface area contributed by atoms with Crippen LogP contribution in [0.25, 0.3) is 0 Å². The first-order chi connectivity index (χ1) is 8.99. The molecule has 0 amide bonds. The van der Waals surface area contributed by atoms with Crippen LogP contribution in [-0.4, -0.2) is 44.2 Å². The average molecular weight is 288 g/mol. The lowest BCUT2D eigenvalue weighted by atomic mass is 10.1. The molecule has 1 saturated heterocycles. The molecule has 106 valence electrons. The fourth-order valence-electron chi connectivity index (χ4n) is 1.94. The molecule has 0 aliphatic carbocycles. The number of hydrogen-bond acceptors (Lipinski definition) is 4. The maximum Gasteiger partial charge on any atom is 0.352 e. The predicted molar refractivity (Wildman–Crippen MR) is 66.5 cm³/mol. The third-order valence-corrected chi connectivity index (χ3v) is 4.51. The van der Waals surface area contributed by atoms with Gasteiger partial charge >= 0.3 is 5.97 Å². The Balaban J connectivity index is 1.91. The van der Waals surface area contributed by atoms with Crippen LogP contribution in [0.1, 0.15) is 23.3 Å². The minimum Gasteiger partial charge on any atom is -0.477 e. The van der Waals surface area contributed by atoms with Gasteiger partial charge in [0.05, 0.1) is 0 Å². The minimum absolute atomic E-state index is 0.0624. The van der Waals surface area contributed by atoms with Crippen molar-refractivity contribution in [3.05, 3.63) is 18.0 Å². The second-order valence-corrected chi connectivity index (χ2v) is 6.24. The van der Waals surface area contributed by atoms with Gasteiger partial charge in [-0.25, -0.2) is 17.9 Å². The summed E-state index contributed by atoms with van der Waals surface area (Å²) in [6.07, 6.45) is 2.84. The summed E-state index contributed by atoms with van der Waals surface area (Å²) in [7, 11) is -3.65. The van der Waals surface area contributed by atoms with Crippen molar-refractivity contribution in [3.8, 4) is 0 Å². The Bertz CT molecular complexity index is 545. The lowest BCUT2D eigenvalue weighted by Crippen LogP contribution is -2.26. The number of H-pyrrole nitrogens is 1. The molecule has 8 heteroatoms. The molecule has 7 nitrogen and oxygen atoms in total. The van der Waals surface area contributed by atoms with Crippen LogP contribution in [0.4, 0.5) is 0 Å². The van der Waals surface area contributed by atoms with Crippen molar-refractivity contribution in [3.63, 3.8) is 0 Å². The summed E-state index contributed by atoms with van der Waals surface area (Å²) in [6, 6.07) is 1.10. The Morgan fingerprint density at radius 2 is 2.37 bits per heavy atom. The zero-order valence-electron chi connectivity index (χ0n) is 10.3. The summed E-state index contributed by atoms with van der Waals surface area (Å²) in [4.78, 5) is 13.0. The first-order valence-corrected chi connectivity index (χ1v) is 7.46. The Morgan fingerprint density at radius 1 is 1.58 bits per heavy atom. The van der Waals surface area contributed by atoms with Crippen molar-refractivity contribution >= 4 is 16.0 Å². The van der Waals surface area contributed by atoms with Gasteiger partial charge < -0.3 is 14.8 Å². The van der Waals surface area contributed by atoms with Crippen LogP contribution in [0.15, 0.2) is 17.2 Å². The number of sulfonamides is 1. The van der Waals surface area contributed by atoms with Gasteiger partial charge in [-0.05, 0) is 24.8 Å². The van der Waals surface area contributed by atoms with E-state index >= 15 is 0 Å². The number of carboxylic acids is 1. The van der Waals surface area contributed by atoms with E-state index in [1.165, 1.54) is 6.20 Å². The minimum atomic E-state index is -3.65.